The van der Waals surface area contributed by atoms with Crippen LogP contribution in [-0.2, 0) is 15.5 Å². The maximum absolute atomic E-state index is 11.3. The van der Waals surface area contributed by atoms with Gasteiger partial charge in [-0.05, 0) is 41.4 Å². The van der Waals surface area contributed by atoms with Crippen LogP contribution in [0.5, 0.6) is 5.75 Å². The fourth-order valence-electron chi connectivity index (χ4n) is 1.79. The van der Waals surface area contributed by atoms with Crippen LogP contribution in [0.25, 0.3) is 0 Å². The number of hydrogen-bond acceptors (Lipinski definition) is 3. The Kier molecular flexibility index (Phi) is 2.76. The standard InChI is InChI=1S/C10H10BrClO3S/c1-10(2)5-6-3-7(11)9(16(12,13)14)4-8(6)15-10/h3-4H,5H2,1-2H3. The van der Waals surface area contributed by atoms with Crippen LogP contribution >= 0.6 is 26.6 Å². The summed E-state index contributed by atoms with van der Waals surface area (Å²) in [6.07, 6.45) is 0.754. The van der Waals surface area contributed by atoms with Gasteiger partial charge in [-0.1, -0.05) is 0 Å². The van der Waals surface area contributed by atoms with E-state index in [1.807, 2.05) is 13.8 Å². The molecule has 0 spiro atoms. The molecule has 16 heavy (non-hydrogen) atoms. The summed E-state index contributed by atoms with van der Waals surface area (Å²) >= 11 is 3.20. The van der Waals surface area contributed by atoms with Gasteiger partial charge in [0.25, 0.3) is 9.05 Å². The number of benzene rings is 1. The van der Waals surface area contributed by atoms with Crippen molar-refractivity contribution in [2.24, 2.45) is 0 Å². The molecule has 1 aromatic carbocycles. The molecule has 0 aliphatic carbocycles. The summed E-state index contributed by atoms with van der Waals surface area (Å²) in [6.45, 7) is 3.91. The van der Waals surface area contributed by atoms with E-state index in [4.69, 9.17) is 15.4 Å². The van der Waals surface area contributed by atoms with Crippen molar-refractivity contribution in [1.29, 1.82) is 0 Å². The van der Waals surface area contributed by atoms with Crippen molar-refractivity contribution in [3.8, 4) is 5.75 Å². The Morgan fingerprint density at radius 1 is 1.44 bits per heavy atom. The van der Waals surface area contributed by atoms with E-state index >= 15 is 0 Å². The van der Waals surface area contributed by atoms with Crippen LogP contribution in [0.3, 0.4) is 0 Å². The molecule has 1 aliphatic heterocycles. The number of halogens is 2. The van der Waals surface area contributed by atoms with Crippen LogP contribution in [0, 0.1) is 0 Å². The Hall–Kier alpha value is -0.260. The van der Waals surface area contributed by atoms with Gasteiger partial charge in [-0.25, -0.2) is 8.42 Å². The third-order valence-corrected chi connectivity index (χ3v) is 4.66. The molecule has 0 N–H and O–H groups in total. The highest BCUT2D eigenvalue weighted by molar-refractivity contribution is 9.10. The molecule has 6 heteroatoms. The second kappa shape index (κ2) is 3.62. The van der Waals surface area contributed by atoms with Crippen molar-refractivity contribution in [3.05, 3.63) is 22.2 Å². The molecular formula is C10H10BrClO3S. The van der Waals surface area contributed by atoms with Crippen molar-refractivity contribution >= 4 is 35.7 Å². The van der Waals surface area contributed by atoms with Gasteiger partial charge in [-0.2, -0.15) is 0 Å². The van der Waals surface area contributed by atoms with Crippen LogP contribution in [-0.4, -0.2) is 14.0 Å². The summed E-state index contributed by atoms with van der Waals surface area (Å²) in [4.78, 5) is 0.0469. The molecule has 0 saturated carbocycles. The second-order valence-corrected chi connectivity index (χ2v) is 7.76. The highest BCUT2D eigenvalue weighted by Crippen LogP contribution is 2.40. The van der Waals surface area contributed by atoms with Gasteiger partial charge >= 0.3 is 0 Å². The molecule has 0 amide bonds. The summed E-state index contributed by atoms with van der Waals surface area (Å²) in [5.41, 5.74) is 0.692. The topological polar surface area (TPSA) is 43.4 Å². The lowest BCUT2D eigenvalue weighted by Gasteiger charge is -2.16. The highest BCUT2D eigenvalue weighted by Gasteiger charge is 2.32. The monoisotopic (exact) mass is 324 g/mol. The van der Waals surface area contributed by atoms with Crippen LogP contribution in [0.1, 0.15) is 19.4 Å². The van der Waals surface area contributed by atoms with Crippen LogP contribution in [0.4, 0.5) is 0 Å². The van der Waals surface area contributed by atoms with Gasteiger partial charge in [-0.15, -0.1) is 0 Å². The van der Waals surface area contributed by atoms with Crippen LogP contribution in [0.15, 0.2) is 21.5 Å². The lowest BCUT2D eigenvalue weighted by molar-refractivity contribution is 0.138. The molecule has 1 aromatic rings. The molecule has 0 bridgehead atoms. The normalized spacial score (nSPS) is 18.0. The molecule has 0 atom stereocenters. The van der Waals surface area contributed by atoms with E-state index in [2.05, 4.69) is 15.9 Å². The second-order valence-electron chi connectivity index (χ2n) is 4.37. The maximum atomic E-state index is 11.3. The Morgan fingerprint density at radius 3 is 2.62 bits per heavy atom. The molecule has 0 unspecified atom stereocenters. The van der Waals surface area contributed by atoms with Crippen LogP contribution < -0.4 is 4.74 Å². The quantitative estimate of drug-likeness (QED) is 0.745. The average molecular weight is 326 g/mol. The molecule has 1 heterocycles. The lowest BCUT2D eigenvalue weighted by Crippen LogP contribution is -2.24. The first-order valence-corrected chi connectivity index (χ1v) is 7.75. The van der Waals surface area contributed by atoms with Crippen molar-refractivity contribution in [2.45, 2.75) is 30.8 Å². The van der Waals surface area contributed by atoms with Crippen molar-refractivity contribution in [3.63, 3.8) is 0 Å². The smallest absolute Gasteiger partial charge is 0.262 e. The predicted octanol–water partition coefficient (Wildman–Crippen LogP) is 3.09. The molecule has 2 rings (SSSR count). The fraction of sp³-hybridized carbons (Fsp3) is 0.400. The first kappa shape index (κ1) is 12.2. The first-order chi connectivity index (χ1) is 7.19. The Bertz CT molecular complexity index is 551. The van der Waals surface area contributed by atoms with E-state index in [1.54, 1.807) is 6.07 Å². The van der Waals surface area contributed by atoms with Crippen molar-refractivity contribution in [1.82, 2.24) is 0 Å². The number of ether oxygens (including phenoxy) is 1. The minimum atomic E-state index is -3.75. The average Bonchev–Trinajstić information content (AvgIpc) is 2.34. The summed E-state index contributed by atoms with van der Waals surface area (Å²) in [6, 6.07) is 3.22. The number of fused-ring (bicyclic) bond motifs is 1. The zero-order valence-corrected chi connectivity index (χ0v) is 11.9. The molecule has 0 fully saturated rings. The SMILES string of the molecule is CC1(C)Cc2cc(Br)c(S(=O)(=O)Cl)cc2O1. The molecule has 0 aromatic heterocycles. The van der Waals surface area contributed by atoms with E-state index in [0.29, 0.717) is 10.2 Å². The largest absolute Gasteiger partial charge is 0.487 e. The lowest BCUT2D eigenvalue weighted by atomic mass is 10.0. The molecule has 88 valence electrons. The molecule has 3 nitrogen and oxygen atoms in total. The van der Waals surface area contributed by atoms with E-state index in [1.165, 1.54) is 6.07 Å². The Labute approximate surface area is 107 Å². The fourth-order valence-corrected chi connectivity index (χ4v) is 4.02. The van der Waals surface area contributed by atoms with Gasteiger partial charge in [0.15, 0.2) is 0 Å². The number of rotatable bonds is 1. The Balaban J connectivity index is 2.58. The predicted molar refractivity (Wildman–Crippen MR) is 65.6 cm³/mol. The van der Waals surface area contributed by atoms with Gasteiger partial charge in [0.1, 0.15) is 16.2 Å². The van der Waals surface area contributed by atoms with Crippen molar-refractivity contribution in [2.75, 3.05) is 0 Å². The van der Waals surface area contributed by atoms with Gasteiger partial charge in [0, 0.05) is 27.6 Å². The third kappa shape index (κ3) is 2.21. The molecule has 1 aliphatic rings. The Morgan fingerprint density at radius 2 is 2.06 bits per heavy atom. The van der Waals surface area contributed by atoms with Crippen LogP contribution in [0.2, 0.25) is 0 Å². The molecule has 0 saturated heterocycles. The molecule has 0 radical (unpaired) electrons. The highest BCUT2D eigenvalue weighted by atomic mass is 79.9. The van der Waals surface area contributed by atoms with Gasteiger partial charge in [-0.3, -0.25) is 0 Å². The summed E-state index contributed by atoms with van der Waals surface area (Å²) in [7, 11) is 1.58. The van der Waals surface area contributed by atoms with Gasteiger partial charge in [0.05, 0.1) is 0 Å². The van der Waals surface area contributed by atoms with E-state index in [0.717, 1.165) is 12.0 Å². The number of hydrogen-bond donors (Lipinski definition) is 0. The summed E-state index contributed by atoms with van der Waals surface area (Å²) in [5, 5.41) is 0. The minimum Gasteiger partial charge on any atom is -0.487 e. The van der Waals surface area contributed by atoms with Gasteiger partial charge in [0.2, 0.25) is 0 Å². The maximum Gasteiger partial charge on any atom is 0.262 e. The summed E-state index contributed by atoms with van der Waals surface area (Å²) < 4.78 is 28.7. The minimum absolute atomic E-state index is 0.0469. The zero-order chi connectivity index (χ0) is 12.1. The summed E-state index contributed by atoms with van der Waals surface area (Å²) in [5.74, 6) is 0.590. The molecular weight excluding hydrogens is 316 g/mol. The first-order valence-electron chi connectivity index (χ1n) is 4.65. The van der Waals surface area contributed by atoms with Crippen molar-refractivity contribution < 1.29 is 13.2 Å². The zero-order valence-electron chi connectivity index (χ0n) is 8.75. The van der Waals surface area contributed by atoms with Gasteiger partial charge < -0.3 is 4.74 Å². The third-order valence-electron chi connectivity index (χ3n) is 2.38. The van der Waals surface area contributed by atoms with E-state index in [9.17, 15) is 8.42 Å². The van der Waals surface area contributed by atoms with E-state index < -0.39 is 9.05 Å². The van der Waals surface area contributed by atoms with E-state index in [-0.39, 0.29) is 10.5 Å².